The van der Waals surface area contributed by atoms with Crippen LogP contribution in [0.25, 0.3) is 0 Å². The topological polar surface area (TPSA) is 92.5 Å². The monoisotopic (exact) mass is 471 g/mol. The van der Waals surface area contributed by atoms with Gasteiger partial charge in [0.15, 0.2) is 5.78 Å². The van der Waals surface area contributed by atoms with Gasteiger partial charge in [-0.25, -0.2) is 0 Å². The number of nitrogens with zero attached hydrogens (tertiary/aromatic N) is 2. The molecular weight excluding hydrogens is 450 g/mol. The summed E-state index contributed by atoms with van der Waals surface area (Å²) in [5.74, 6) is 0.174. The predicted molar refractivity (Wildman–Crippen MR) is 130 cm³/mol. The maximum Gasteiger partial charge on any atom is 0.269 e. The number of fused-ring (bicyclic) bond motifs is 4. The van der Waals surface area contributed by atoms with Crippen molar-refractivity contribution in [3.05, 3.63) is 106 Å². The molecule has 1 spiro atoms. The zero-order valence-corrected chi connectivity index (χ0v) is 18.9. The van der Waals surface area contributed by atoms with Crippen LogP contribution in [0.2, 0.25) is 0 Å². The highest BCUT2D eigenvalue weighted by Crippen LogP contribution is 2.61. The highest BCUT2D eigenvalue weighted by Gasteiger charge is 2.69. The summed E-state index contributed by atoms with van der Waals surface area (Å²) >= 11 is 1.75. The maximum absolute atomic E-state index is 14.2. The van der Waals surface area contributed by atoms with E-state index in [1.165, 1.54) is 12.1 Å². The Labute approximate surface area is 200 Å². The molecule has 6 rings (SSSR count). The van der Waals surface area contributed by atoms with Crippen molar-refractivity contribution in [2.24, 2.45) is 5.92 Å². The maximum atomic E-state index is 14.2. The summed E-state index contributed by atoms with van der Waals surface area (Å²) < 4.78 is 0. The zero-order chi connectivity index (χ0) is 23.4. The molecule has 3 heterocycles. The molecule has 3 aromatic rings. The van der Waals surface area contributed by atoms with Crippen LogP contribution < -0.4 is 5.32 Å². The van der Waals surface area contributed by atoms with Gasteiger partial charge in [0.25, 0.3) is 5.69 Å². The third-order valence-electron chi connectivity index (χ3n) is 7.36. The smallest absolute Gasteiger partial charge is 0.269 e. The van der Waals surface area contributed by atoms with Gasteiger partial charge in [-0.05, 0) is 11.6 Å². The molecule has 1 N–H and O–H groups in total. The van der Waals surface area contributed by atoms with Crippen molar-refractivity contribution in [2.45, 2.75) is 17.5 Å². The van der Waals surface area contributed by atoms with Crippen LogP contribution in [0.15, 0.2) is 78.9 Å². The molecule has 0 radical (unpaired) electrons. The Morgan fingerprint density at radius 3 is 2.47 bits per heavy atom. The van der Waals surface area contributed by atoms with Crippen molar-refractivity contribution in [2.75, 3.05) is 16.9 Å². The number of hydrogen-bond acceptors (Lipinski definition) is 6. The molecule has 7 nitrogen and oxygen atoms in total. The number of carbonyl (C=O) groups is 2. The fraction of sp³-hybridized carbons (Fsp3) is 0.231. The van der Waals surface area contributed by atoms with E-state index >= 15 is 0 Å². The largest absolute Gasteiger partial charge is 0.324 e. The summed E-state index contributed by atoms with van der Waals surface area (Å²) in [5, 5.41) is 14.3. The Bertz CT molecular complexity index is 1310. The number of para-hydroxylation sites is 1. The molecule has 0 unspecified atom stereocenters. The summed E-state index contributed by atoms with van der Waals surface area (Å²) in [5.41, 5.74) is 1.83. The quantitative estimate of drug-likeness (QED) is 0.344. The van der Waals surface area contributed by atoms with Gasteiger partial charge in [0.1, 0.15) is 5.54 Å². The fourth-order valence-corrected chi connectivity index (χ4v) is 7.33. The molecule has 0 saturated carbocycles. The lowest BCUT2D eigenvalue weighted by atomic mass is 9.69. The molecular formula is C26H21N3O4S. The number of benzene rings is 3. The summed E-state index contributed by atoms with van der Waals surface area (Å²) in [4.78, 5) is 41.1. The van der Waals surface area contributed by atoms with E-state index in [0.29, 0.717) is 11.4 Å². The highest BCUT2D eigenvalue weighted by molar-refractivity contribution is 7.99. The molecule has 0 bridgehead atoms. The number of ketones is 1. The third-order valence-corrected chi connectivity index (χ3v) is 8.40. The number of anilines is 1. The van der Waals surface area contributed by atoms with Crippen molar-refractivity contribution in [3.63, 3.8) is 0 Å². The Kier molecular flexibility index (Phi) is 4.82. The number of nitrogens with one attached hydrogen (secondary N) is 1. The number of nitro groups is 1. The predicted octanol–water partition coefficient (Wildman–Crippen LogP) is 4.41. The molecule has 0 aromatic heterocycles. The Morgan fingerprint density at radius 1 is 1.03 bits per heavy atom. The van der Waals surface area contributed by atoms with E-state index < -0.39 is 16.4 Å². The van der Waals surface area contributed by atoms with E-state index in [1.807, 2.05) is 42.5 Å². The molecule has 8 heteroatoms. The van der Waals surface area contributed by atoms with E-state index in [0.717, 1.165) is 22.6 Å². The van der Waals surface area contributed by atoms with E-state index in [4.69, 9.17) is 0 Å². The number of rotatable bonds is 4. The van der Waals surface area contributed by atoms with Crippen molar-refractivity contribution >= 4 is 34.8 Å². The van der Waals surface area contributed by atoms with Crippen LogP contribution in [0.3, 0.4) is 0 Å². The minimum Gasteiger partial charge on any atom is -0.324 e. The summed E-state index contributed by atoms with van der Waals surface area (Å²) in [6.07, 6.45) is 0. The molecule has 2 fully saturated rings. The lowest BCUT2D eigenvalue weighted by molar-refractivity contribution is -0.384. The lowest BCUT2D eigenvalue weighted by Gasteiger charge is -2.36. The van der Waals surface area contributed by atoms with Crippen molar-refractivity contribution < 1.29 is 14.5 Å². The summed E-state index contributed by atoms with van der Waals surface area (Å²) in [7, 11) is 0. The average molecular weight is 472 g/mol. The second kappa shape index (κ2) is 7.78. The van der Waals surface area contributed by atoms with Crippen LogP contribution in [0.4, 0.5) is 11.4 Å². The first-order chi connectivity index (χ1) is 16.5. The van der Waals surface area contributed by atoms with Crippen LogP contribution in [0, 0.1) is 16.0 Å². The molecule has 2 saturated heterocycles. The standard InChI is InChI=1S/C26H21N3O4S/c30-24(17-6-2-1-3-7-17)23-22(16-10-12-18(13-11-16)29(32)33)21-14-34-15-28(21)26(23)19-8-4-5-9-20(19)27-25(26)31/h1-13,21-23H,14-15H2,(H,27,31)/t21-,22-,23+,26+/m0/s1. The van der Waals surface area contributed by atoms with E-state index in [-0.39, 0.29) is 29.3 Å². The number of non-ortho nitro benzene ring substituents is 1. The number of Topliss-reactive ketones (excluding diaryl/α,β-unsaturated/α-hetero) is 1. The number of carbonyl (C=O) groups excluding carboxylic acids is 2. The van der Waals surface area contributed by atoms with Gasteiger partial charge in [-0.3, -0.25) is 24.6 Å². The molecule has 34 heavy (non-hydrogen) atoms. The molecule has 170 valence electrons. The van der Waals surface area contributed by atoms with Crippen molar-refractivity contribution in [3.8, 4) is 0 Å². The van der Waals surface area contributed by atoms with E-state index in [2.05, 4.69) is 10.2 Å². The molecule has 3 aliphatic heterocycles. The minimum atomic E-state index is -1.13. The molecule has 4 atom stereocenters. The molecule has 1 amide bonds. The highest BCUT2D eigenvalue weighted by atomic mass is 32.2. The van der Waals surface area contributed by atoms with Gasteiger partial charge in [-0.2, -0.15) is 0 Å². The first kappa shape index (κ1) is 21.1. The van der Waals surface area contributed by atoms with Gasteiger partial charge in [0.2, 0.25) is 5.91 Å². The zero-order valence-electron chi connectivity index (χ0n) is 18.1. The van der Waals surface area contributed by atoms with Crippen LogP contribution in [-0.2, 0) is 10.3 Å². The average Bonchev–Trinajstić information content (AvgIpc) is 3.52. The van der Waals surface area contributed by atoms with Gasteiger partial charge in [-0.15, -0.1) is 11.8 Å². The second-order valence-corrected chi connectivity index (χ2v) is 9.89. The Hall–Kier alpha value is -3.49. The van der Waals surface area contributed by atoms with Crippen LogP contribution in [0.5, 0.6) is 0 Å². The number of amides is 1. The second-order valence-electron chi connectivity index (χ2n) is 8.89. The van der Waals surface area contributed by atoms with Crippen LogP contribution >= 0.6 is 11.8 Å². The Morgan fingerprint density at radius 2 is 1.74 bits per heavy atom. The SMILES string of the molecule is O=C(c1ccccc1)[C@H]1[C@@H](c2ccc([N+](=O)[O-])cc2)[C@@H]2CSCN2[C@@]12C(=O)Nc1ccccc12. The normalized spacial score (nSPS) is 27.4. The number of hydrogen-bond donors (Lipinski definition) is 1. The molecule has 3 aromatic carbocycles. The summed E-state index contributed by atoms with van der Waals surface area (Å²) in [6, 6.07) is 23.1. The lowest BCUT2D eigenvalue weighted by Crippen LogP contribution is -2.52. The molecule has 3 aliphatic rings. The third kappa shape index (κ3) is 2.82. The van der Waals surface area contributed by atoms with E-state index in [9.17, 15) is 19.7 Å². The number of nitro benzene ring substituents is 1. The fourth-order valence-electron chi connectivity index (χ4n) is 6.01. The van der Waals surface area contributed by atoms with Crippen LogP contribution in [-0.4, -0.2) is 39.2 Å². The number of thioether (sulfide) groups is 1. The van der Waals surface area contributed by atoms with Gasteiger partial charge in [-0.1, -0.05) is 60.7 Å². The van der Waals surface area contributed by atoms with E-state index in [1.54, 1.807) is 36.0 Å². The van der Waals surface area contributed by atoms with Gasteiger partial charge in [0, 0.05) is 52.5 Å². The minimum absolute atomic E-state index is 0.00371. The summed E-state index contributed by atoms with van der Waals surface area (Å²) in [6.45, 7) is 0. The van der Waals surface area contributed by atoms with Gasteiger partial charge < -0.3 is 5.32 Å². The van der Waals surface area contributed by atoms with Gasteiger partial charge in [0.05, 0.1) is 10.8 Å². The van der Waals surface area contributed by atoms with Crippen molar-refractivity contribution in [1.29, 1.82) is 0 Å². The first-order valence-electron chi connectivity index (χ1n) is 11.1. The Balaban J connectivity index is 1.59. The first-order valence-corrected chi connectivity index (χ1v) is 12.3. The molecule has 0 aliphatic carbocycles. The van der Waals surface area contributed by atoms with Crippen molar-refractivity contribution in [1.82, 2.24) is 4.90 Å². The van der Waals surface area contributed by atoms with Crippen LogP contribution in [0.1, 0.15) is 27.4 Å². The van der Waals surface area contributed by atoms with Gasteiger partial charge >= 0.3 is 0 Å².